The minimum Gasteiger partial charge on any atom is -0.497 e. The fourth-order valence-electron chi connectivity index (χ4n) is 6.07. The summed E-state index contributed by atoms with van der Waals surface area (Å²) in [6.45, 7) is 3.61. The van der Waals surface area contributed by atoms with Crippen molar-refractivity contribution in [3.8, 4) is 5.75 Å². The van der Waals surface area contributed by atoms with Crippen LogP contribution in [0.1, 0.15) is 38.5 Å². The zero-order chi connectivity index (χ0) is 19.1. The second-order valence-electron chi connectivity index (χ2n) is 8.86. The molecule has 0 aromatic heterocycles. The van der Waals surface area contributed by atoms with Crippen LogP contribution in [0.2, 0.25) is 0 Å². The number of likely N-dealkylation sites (tertiary alicyclic amines) is 1. The van der Waals surface area contributed by atoms with Crippen LogP contribution in [0, 0.1) is 11.8 Å². The average molecular weight is 398 g/mol. The molecule has 1 aromatic rings. The fourth-order valence-corrected chi connectivity index (χ4v) is 6.39. The highest BCUT2D eigenvalue weighted by Gasteiger charge is 2.46. The highest BCUT2D eigenvalue weighted by molar-refractivity contribution is 7.80. The van der Waals surface area contributed by atoms with E-state index in [1.165, 1.54) is 51.6 Å². The Balaban J connectivity index is 1.35. The Morgan fingerprint density at radius 1 is 1.14 bits per heavy atom. The summed E-state index contributed by atoms with van der Waals surface area (Å²) in [5, 5.41) is 4.36. The highest BCUT2D eigenvalue weighted by atomic mass is 32.1. The Morgan fingerprint density at radius 3 is 2.82 bits per heavy atom. The second kappa shape index (κ2) is 7.68. The highest BCUT2D eigenvalue weighted by Crippen LogP contribution is 2.45. The first-order valence-corrected chi connectivity index (χ1v) is 11.3. The molecule has 2 bridgehead atoms. The molecule has 0 radical (unpaired) electrons. The zero-order valence-corrected chi connectivity index (χ0v) is 17.6. The lowest BCUT2D eigenvalue weighted by Gasteiger charge is -2.55. The van der Waals surface area contributed by atoms with E-state index < -0.39 is 0 Å². The van der Waals surface area contributed by atoms with Gasteiger partial charge in [0, 0.05) is 24.8 Å². The number of hydrogen-bond acceptors (Lipinski definition) is 3. The van der Waals surface area contributed by atoms with Crippen molar-refractivity contribution < 1.29 is 4.74 Å². The summed E-state index contributed by atoms with van der Waals surface area (Å²) in [4.78, 5) is 5.28. The molecule has 0 amide bonds. The van der Waals surface area contributed by atoms with Gasteiger partial charge in [-0.2, -0.15) is 0 Å². The third kappa shape index (κ3) is 3.33. The maximum absolute atomic E-state index is 5.89. The number of thiocarbonyl (C=S) groups is 1. The van der Waals surface area contributed by atoms with Crippen LogP contribution in [0.15, 0.2) is 35.9 Å². The van der Waals surface area contributed by atoms with Crippen LogP contribution in [0.5, 0.6) is 5.75 Å². The Hall–Kier alpha value is -1.59. The quantitative estimate of drug-likeness (QED) is 0.594. The molecule has 1 aromatic carbocycles. The van der Waals surface area contributed by atoms with E-state index in [2.05, 4.69) is 21.2 Å². The molecule has 0 saturated carbocycles. The van der Waals surface area contributed by atoms with Gasteiger partial charge in [-0.15, -0.1) is 0 Å². The lowest BCUT2D eigenvalue weighted by atomic mass is 9.68. The summed E-state index contributed by atoms with van der Waals surface area (Å²) in [6, 6.07) is 9.35. The van der Waals surface area contributed by atoms with Crippen molar-refractivity contribution in [1.29, 1.82) is 0 Å². The second-order valence-corrected chi connectivity index (χ2v) is 9.25. The van der Waals surface area contributed by atoms with Gasteiger partial charge in [0.2, 0.25) is 0 Å². The molecule has 3 saturated heterocycles. The standard InChI is InChI=1S/C23H31N3OS/c1-27-20-9-7-19(8-10-20)24-23(28)26-12-4-5-16-13-17-14-18(22(16)26)15-25-11-3-2-6-21(17)25/h7-10,13,17-18,21-22H,2-6,11-12,14-15H2,1H3,(H,24,28)/t17-,18+,21-,22+/m1/s1. The van der Waals surface area contributed by atoms with Crippen LogP contribution < -0.4 is 10.1 Å². The molecule has 0 spiro atoms. The van der Waals surface area contributed by atoms with E-state index in [4.69, 9.17) is 17.0 Å². The zero-order valence-electron chi connectivity index (χ0n) is 16.8. The Labute approximate surface area is 173 Å². The van der Waals surface area contributed by atoms with Crippen molar-refractivity contribution in [2.75, 3.05) is 32.1 Å². The van der Waals surface area contributed by atoms with Crippen molar-refractivity contribution in [1.82, 2.24) is 9.80 Å². The Kier molecular flexibility index (Phi) is 5.06. The number of methoxy groups -OCH3 is 1. The molecule has 150 valence electrons. The van der Waals surface area contributed by atoms with E-state index in [-0.39, 0.29) is 0 Å². The van der Waals surface area contributed by atoms with Gasteiger partial charge >= 0.3 is 0 Å². The van der Waals surface area contributed by atoms with Gasteiger partial charge in [-0.3, -0.25) is 4.90 Å². The van der Waals surface area contributed by atoms with Gasteiger partial charge in [-0.1, -0.05) is 18.1 Å². The molecule has 1 aliphatic carbocycles. The summed E-state index contributed by atoms with van der Waals surface area (Å²) in [5.74, 6) is 2.36. The molecule has 4 atom stereocenters. The molecule has 3 aliphatic heterocycles. The van der Waals surface area contributed by atoms with Crippen LogP contribution in [0.3, 0.4) is 0 Å². The Morgan fingerprint density at radius 2 is 2.00 bits per heavy atom. The van der Waals surface area contributed by atoms with E-state index >= 15 is 0 Å². The third-order valence-electron chi connectivity index (χ3n) is 7.26. The first-order chi connectivity index (χ1) is 13.7. The number of hydrogen-bond donors (Lipinski definition) is 1. The van der Waals surface area contributed by atoms with E-state index in [9.17, 15) is 0 Å². The summed E-state index contributed by atoms with van der Waals surface area (Å²) >= 11 is 5.89. The molecular weight excluding hydrogens is 366 g/mol. The molecular formula is C23H31N3OS. The van der Waals surface area contributed by atoms with Gasteiger partial charge in [0.1, 0.15) is 5.75 Å². The minimum absolute atomic E-state index is 0.492. The number of fused-ring (bicyclic) bond motifs is 6. The normalized spacial score (nSPS) is 32.0. The number of piperidine rings is 3. The van der Waals surface area contributed by atoms with Crippen molar-refractivity contribution in [2.24, 2.45) is 11.8 Å². The first-order valence-electron chi connectivity index (χ1n) is 10.9. The van der Waals surface area contributed by atoms with Gasteiger partial charge in [-0.05, 0) is 87.0 Å². The van der Waals surface area contributed by atoms with Crippen molar-refractivity contribution in [3.63, 3.8) is 0 Å². The molecule has 3 fully saturated rings. The van der Waals surface area contributed by atoms with E-state index in [1.54, 1.807) is 12.7 Å². The van der Waals surface area contributed by atoms with Crippen LogP contribution in [-0.4, -0.2) is 53.7 Å². The molecule has 5 rings (SSSR count). The summed E-state index contributed by atoms with van der Waals surface area (Å²) < 4.78 is 5.27. The SMILES string of the molecule is COc1ccc(NC(=S)N2CCCC3=C[C@@H]4C[C@@H](CN5CCCC[C@H]45)[C@H]32)cc1. The fraction of sp³-hybridized carbons (Fsp3) is 0.609. The minimum atomic E-state index is 0.492. The van der Waals surface area contributed by atoms with Crippen LogP contribution >= 0.6 is 12.2 Å². The van der Waals surface area contributed by atoms with Crippen molar-refractivity contribution in [3.05, 3.63) is 35.9 Å². The van der Waals surface area contributed by atoms with Gasteiger partial charge in [0.25, 0.3) is 0 Å². The maximum Gasteiger partial charge on any atom is 0.173 e. The van der Waals surface area contributed by atoms with Crippen LogP contribution in [0.4, 0.5) is 5.69 Å². The lowest BCUT2D eigenvalue weighted by Crippen LogP contribution is -2.60. The summed E-state index contributed by atoms with van der Waals surface area (Å²) in [7, 11) is 1.70. The van der Waals surface area contributed by atoms with Crippen LogP contribution in [0.25, 0.3) is 0 Å². The topological polar surface area (TPSA) is 27.7 Å². The van der Waals surface area contributed by atoms with E-state index in [0.717, 1.165) is 41.0 Å². The molecule has 3 heterocycles. The summed E-state index contributed by atoms with van der Waals surface area (Å²) in [5.41, 5.74) is 2.70. The molecule has 1 N–H and O–H groups in total. The van der Waals surface area contributed by atoms with Crippen molar-refractivity contribution >= 4 is 23.0 Å². The Bertz CT molecular complexity index is 762. The van der Waals surface area contributed by atoms with Crippen LogP contribution in [-0.2, 0) is 0 Å². The third-order valence-corrected chi connectivity index (χ3v) is 7.60. The largest absolute Gasteiger partial charge is 0.497 e. The number of rotatable bonds is 2. The number of nitrogens with zero attached hydrogens (tertiary/aromatic N) is 2. The molecule has 4 aliphatic rings. The lowest BCUT2D eigenvalue weighted by molar-refractivity contribution is 0.0132. The van der Waals surface area contributed by atoms with E-state index in [1.807, 2.05) is 24.3 Å². The number of ether oxygens (including phenoxy) is 1. The maximum atomic E-state index is 5.89. The molecule has 5 heteroatoms. The molecule has 28 heavy (non-hydrogen) atoms. The number of anilines is 1. The average Bonchev–Trinajstić information content (AvgIpc) is 2.74. The molecule has 0 unspecified atom stereocenters. The van der Waals surface area contributed by atoms with Gasteiger partial charge in [0.15, 0.2) is 5.11 Å². The summed E-state index contributed by atoms with van der Waals surface area (Å²) in [6.07, 6.45) is 10.7. The van der Waals surface area contributed by atoms with Gasteiger partial charge in [0.05, 0.1) is 13.2 Å². The first kappa shape index (κ1) is 18.4. The predicted octanol–water partition coefficient (Wildman–Crippen LogP) is 4.29. The predicted molar refractivity (Wildman–Crippen MR) is 118 cm³/mol. The van der Waals surface area contributed by atoms with E-state index in [0.29, 0.717) is 6.04 Å². The number of benzene rings is 1. The number of nitrogens with one attached hydrogen (secondary N) is 1. The van der Waals surface area contributed by atoms with Crippen molar-refractivity contribution in [2.45, 2.75) is 50.6 Å². The van der Waals surface area contributed by atoms with Gasteiger partial charge in [-0.25, -0.2) is 0 Å². The smallest absolute Gasteiger partial charge is 0.173 e. The van der Waals surface area contributed by atoms with Gasteiger partial charge < -0.3 is 15.0 Å². The monoisotopic (exact) mass is 397 g/mol. The molecule has 4 nitrogen and oxygen atoms in total.